The lowest BCUT2D eigenvalue weighted by atomic mass is 9.78. The van der Waals surface area contributed by atoms with Gasteiger partial charge in [-0.15, -0.1) is 0 Å². The highest BCUT2D eigenvalue weighted by Crippen LogP contribution is 2.46. The van der Waals surface area contributed by atoms with E-state index in [9.17, 15) is 39.6 Å². The molecule has 12 nitrogen and oxygen atoms in total. The number of aromatic hydroxyl groups is 4. The van der Waals surface area contributed by atoms with Crippen LogP contribution in [-0.2, 0) is 88.1 Å². The molecule has 0 radical (unpaired) electrons. The van der Waals surface area contributed by atoms with Crippen molar-refractivity contribution in [2.75, 3.05) is 13.2 Å². The maximum Gasteiger partial charge on any atom is 0.343 e. The van der Waals surface area contributed by atoms with E-state index in [4.69, 9.17) is 18.9 Å². The Balaban J connectivity index is 0.000000345. The summed E-state index contributed by atoms with van der Waals surface area (Å²) >= 11 is 0. The fourth-order valence-electron chi connectivity index (χ4n) is 13.4. The van der Waals surface area contributed by atoms with Gasteiger partial charge in [-0.1, -0.05) is 261 Å². The van der Waals surface area contributed by atoms with Crippen molar-refractivity contribution >= 4 is 23.9 Å². The van der Waals surface area contributed by atoms with Crippen molar-refractivity contribution in [2.45, 2.75) is 301 Å². The first kappa shape index (κ1) is 86.5. The summed E-state index contributed by atoms with van der Waals surface area (Å²) in [7, 11) is 0. The van der Waals surface area contributed by atoms with E-state index in [-0.39, 0.29) is 77.9 Å². The number of carbonyl (C=O) groups excluding carboxylic acids is 4. The fourth-order valence-corrected chi connectivity index (χ4v) is 13.4. The maximum absolute atomic E-state index is 14.0. The predicted molar refractivity (Wildman–Crippen MR) is 433 cm³/mol. The summed E-state index contributed by atoms with van der Waals surface area (Å²) in [4.78, 5) is 52.9. The van der Waals surface area contributed by atoms with Gasteiger partial charge in [-0.3, -0.25) is 9.59 Å². The van der Waals surface area contributed by atoms with E-state index >= 15 is 0 Å². The first-order chi connectivity index (χ1) is 48.6. The highest BCUT2D eigenvalue weighted by atomic mass is 16.5. The van der Waals surface area contributed by atoms with Crippen molar-refractivity contribution in [1.29, 1.82) is 0 Å². The van der Waals surface area contributed by atoms with Gasteiger partial charge in [0.2, 0.25) is 0 Å². The van der Waals surface area contributed by atoms with Crippen LogP contribution < -0.4 is 9.47 Å². The number of hydrogen-bond acceptors (Lipinski definition) is 12. The lowest BCUT2D eigenvalue weighted by Gasteiger charge is -2.28. The molecular weight excluding hydrogens is 1320 g/mol. The third-order valence-corrected chi connectivity index (χ3v) is 19.4. The van der Waals surface area contributed by atoms with Crippen LogP contribution in [0.25, 0.3) is 0 Å². The van der Waals surface area contributed by atoms with Gasteiger partial charge in [0, 0.05) is 47.9 Å². The van der Waals surface area contributed by atoms with Gasteiger partial charge in [-0.25, -0.2) is 9.59 Å². The Morgan fingerprint density at radius 2 is 0.538 bits per heavy atom. The normalized spacial score (nSPS) is 12.5. The zero-order valence-electron chi connectivity index (χ0n) is 69.8. The van der Waals surface area contributed by atoms with Gasteiger partial charge in [0.25, 0.3) is 0 Å². The molecule has 0 atom stereocenters. The van der Waals surface area contributed by atoms with E-state index in [0.29, 0.717) is 74.7 Å². The summed E-state index contributed by atoms with van der Waals surface area (Å²) in [6, 6.07) is 30.6. The largest absolute Gasteiger partial charge is 0.507 e. The molecule has 0 aliphatic rings. The summed E-state index contributed by atoms with van der Waals surface area (Å²) in [6.45, 7) is 58.9. The van der Waals surface area contributed by atoms with E-state index in [0.717, 1.165) is 126 Å². The van der Waals surface area contributed by atoms with Gasteiger partial charge in [0.05, 0.1) is 24.3 Å². The predicted octanol–water partition coefficient (Wildman–Crippen LogP) is 22.6. The maximum atomic E-state index is 14.0. The number of aryl methyl sites for hydroxylation is 6. The number of esters is 4. The molecule has 0 aromatic heterocycles. The summed E-state index contributed by atoms with van der Waals surface area (Å²) in [5.41, 5.74) is 14.9. The minimum Gasteiger partial charge on any atom is -0.507 e. The molecule has 0 heterocycles. The average Bonchev–Trinajstić information content (AvgIpc) is 0.806. The molecule has 0 fully saturated rings. The molecule has 576 valence electrons. The van der Waals surface area contributed by atoms with Crippen LogP contribution in [0.5, 0.6) is 34.5 Å². The molecule has 7 rings (SSSR count). The molecule has 0 aliphatic heterocycles. The number of ether oxygens (including phenoxy) is 4. The Bertz CT molecular complexity index is 3950. The molecule has 0 aliphatic carbocycles. The van der Waals surface area contributed by atoms with E-state index in [1.807, 2.05) is 88.4 Å². The Morgan fingerprint density at radius 3 is 0.792 bits per heavy atom. The van der Waals surface area contributed by atoms with Gasteiger partial charge in [-0.2, -0.15) is 0 Å². The van der Waals surface area contributed by atoms with E-state index in [1.54, 1.807) is 24.3 Å². The van der Waals surface area contributed by atoms with Gasteiger partial charge >= 0.3 is 23.9 Å². The van der Waals surface area contributed by atoms with E-state index in [1.165, 1.54) is 0 Å². The standard InChI is InChI=1S/C54H66O6.C40H62O6/c1-31-21-37(45(55)41(25-31)51(5,6)7)29-39-23-33(3)27-43(53(11,12)13)47(39)59-49(57)35-17-19-36(20-18-35)50(58)60-48-40(24-34(4)28-44(48)54(14,15)16)30-38-22-32(2)26-42(46(38)56)52(8,9)10;1-37(2,3)29-23-27(24-30(35(29)43)38(4,5)6)17-19-33(41)45-21-15-13-14-16-22-46-34(42)20-18-28-25-31(39(7,8)9)36(44)32(26-28)40(10,11)12/h17-28,55-56H,29-30H2,1-16H3;23-26,43-44H,13-22H2,1-12H3. The van der Waals surface area contributed by atoms with Crippen molar-refractivity contribution in [2.24, 2.45) is 0 Å². The molecule has 0 amide bonds. The summed E-state index contributed by atoms with van der Waals surface area (Å²) in [5, 5.41) is 44.8. The third-order valence-electron chi connectivity index (χ3n) is 19.4. The molecule has 4 N–H and O–H groups in total. The van der Waals surface area contributed by atoms with Crippen LogP contribution in [-0.4, -0.2) is 57.5 Å². The van der Waals surface area contributed by atoms with E-state index < -0.39 is 11.9 Å². The average molecular weight is 1450 g/mol. The number of hydrogen-bond donors (Lipinski definition) is 4. The molecule has 0 spiro atoms. The van der Waals surface area contributed by atoms with Gasteiger partial charge < -0.3 is 39.4 Å². The topological polar surface area (TPSA) is 186 Å². The first-order valence-corrected chi connectivity index (χ1v) is 38.1. The lowest BCUT2D eigenvalue weighted by Crippen LogP contribution is -2.19. The zero-order valence-corrected chi connectivity index (χ0v) is 69.8. The molecule has 0 saturated heterocycles. The zero-order chi connectivity index (χ0) is 79.9. The second-order valence-corrected chi connectivity index (χ2v) is 37.9. The molecule has 12 heteroatoms. The van der Waals surface area contributed by atoms with Crippen molar-refractivity contribution in [3.63, 3.8) is 0 Å². The molecule has 7 aromatic rings. The van der Waals surface area contributed by atoms with Crippen molar-refractivity contribution in [3.05, 3.63) is 208 Å². The minimum absolute atomic E-state index is 0.209. The second kappa shape index (κ2) is 33.8. The number of unbranched alkanes of at least 4 members (excludes halogenated alkanes) is 3. The van der Waals surface area contributed by atoms with E-state index in [2.05, 4.69) is 178 Å². The van der Waals surface area contributed by atoms with Crippen LogP contribution in [0.1, 0.15) is 326 Å². The smallest absolute Gasteiger partial charge is 0.343 e. The number of phenols is 4. The number of rotatable bonds is 21. The van der Waals surface area contributed by atoms with Crippen LogP contribution in [0.15, 0.2) is 97.1 Å². The molecule has 7 aromatic carbocycles. The fraction of sp³-hybridized carbons (Fsp3) is 0.511. The van der Waals surface area contributed by atoms with Crippen LogP contribution in [0.2, 0.25) is 0 Å². The number of carbonyl (C=O) groups is 4. The highest BCUT2D eigenvalue weighted by molar-refractivity contribution is 5.95. The second-order valence-electron chi connectivity index (χ2n) is 37.9. The molecule has 0 unspecified atom stereocenters. The SMILES string of the molecule is CC(C)(C)c1cc(CCC(=O)OCCCCCCOC(=O)CCc2cc(C(C)(C)C)c(O)c(C(C)(C)C)c2)cc(C(C)(C)C)c1O.Cc1cc(Cc2cc(C)cc(C(C)(C)C)c2OC(=O)c2ccc(C(=O)Oc3c(Cc4cc(C)cc(C(C)(C)C)c4O)cc(C)cc3C(C)(C)C)cc2)c(O)c(C(C)(C)C)c1. The van der Waals surface area contributed by atoms with Crippen LogP contribution in [0.4, 0.5) is 0 Å². The van der Waals surface area contributed by atoms with Crippen LogP contribution in [0, 0.1) is 27.7 Å². The Hall–Kier alpha value is -8.38. The van der Waals surface area contributed by atoms with Crippen molar-refractivity contribution in [3.8, 4) is 34.5 Å². The Morgan fingerprint density at radius 1 is 0.302 bits per heavy atom. The van der Waals surface area contributed by atoms with Gasteiger partial charge in [-0.05, 0) is 189 Å². The van der Waals surface area contributed by atoms with Crippen LogP contribution in [0.3, 0.4) is 0 Å². The minimum atomic E-state index is -0.558. The van der Waals surface area contributed by atoms with Gasteiger partial charge in [0.15, 0.2) is 0 Å². The summed E-state index contributed by atoms with van der Waals surface area (Å²) in [6.07, 6.45) is 5.80. The third kappa shape index (κ3) is 23.6. The lowest BCUT2D eigenvalue weighted by molar-refractivity contribution is -0.145. The van der Waals surface area contributed by atoms with Gasteiger partial charge in [0.1, 0.15) is 34.5 Å². The molecule has 0 saturated carbocycles. The molecular formula is C94H128O12. The highest BCUT2D eigenvalue weighted by Gasteiger charge is 2.33. The molecule has 0 bridgehead atoms. The quantitative estimate of drug-likeness (QED) is 0.0304. The monoisotopic (exact) mass is 1450 g/mol. The summed E-state index contributed by atoms with van der Waals surface area (Å²) < 4.78 is 23.6. The first-order valence-electron chi connectivity index (χ1n) is 38.1. The number of phenolic OH excluding ortho intramolecular Hbond substituents is 4. The van der Waals surface area contributed by atoms with Crippen molar-refractivity contribution < 1.29 is 58.6 Å². The summed E-state index contributed by atoms with van der Waals surface area (Å²) in [5.74, 6) is 0.592. The Kier molecular flexibility index (Phi) is 27.6. The molecule has 106 heavy (non-hydrogen) atoms. The van der Waals surface area contributed by atoms with Crippen molar-refractivity contribution in [1.82, 2.24) is 0 Å². The number of benzene rings is 7. The Labute approximate surface area is 636 Å². The van der Waals surface area contributed by atoms with Crippen LogP contribution >= 0.6 is 0 Å².